The van der Waals surface area contributed by atoms with Gasteiger partial charge < -0.3 is 14.5 Å². The van der Waals surface area contributed by atoms with E-state index in [1.165, 1.54) is 5.69 Å². The Hall–Kier alpha value is -1.07. The second-order valence-corrected chi connectivity index (χ2v) is 6.00. The highest BCUT2D eigenvalue weighted by molar-refractivity contribution is 7.84. The summed E-state index contributed by atoms with van der Waals surface area (Å²) >= 11 is 0. The zero-order valence-electron chi connectivity index (χ0n) is 11.0. The van der Waals surface area contributed by atoms with Crippen molar-refractivity contribution in [1.29, 1.82) is 0 Å². The van der Waals surface area contributed by atoms with Crippen LogP contribution in [0.4, 0.5) is 5.69 Å². The Kier molecular flexibility index (Phi) is 4.60. The van der Waals surface area contributed by atoms with E-state index in [0.29, 0.717) is 0 Å². The molecule has 1 aromatic carbocycles. The summed E-state index contributed by atoms with van der Waals surface area (Å²) in [7, 11) is 1.23. The average Bonchev–Trinajstić information content (AvgIpc) is 2.38. The first-order valence-corrected chi connectivity index (χ1v) is 7.84. The molecule has 0 amide bonds. The van der Waals surface area contributed by atoms with Crippen LogP contribution in [-0.4, -0.2) is 54.5 Å². The van der Waals surface area contributed by atoms with Crippen LogP contribution in [0.1, 0.15) is 0 Å². The van der Waals surface area contributed by atoms with Gasteiger partial charge in [0.2, 0.25) is 0 Å². The fourth-order valence-electron chi connectivity index (χ4n) is 1.97. The summed E-state index contributed by atoms with van der Waals surface area (Å²) in [5.41, 5.74) is 1.23. The van der Waals surface area contributed by atoms with Gasteiger partial charge in [0.15, 0.2) is 5.94 Å². The van der Waals surface area contributed by atoms with Crippen molar-refractivity contribution in [1.82, 2.24) is 4.90 Å². The summed E-state index contributed by atoms with van der Waals surface area (Å²) in [4.78, 5) is 4.71. The number of nitrogens with zero attached hydrogens (tertiary/aromatic N) is 2. The first-order chi connectivity index (χ1) is 8.65. The molecule has 1 aliphatic heterocycles. The van der Waals surface area contributed by atoms with Gasteiger partial charge >= 0.3 is 0 Å². The molecule has 1 fully saturated rings. The van der Waals surface area contributed by atoms with E-state index in [1.54, 1.807) is 6.26 Å². The van der Waals surface area contributed by atoms with Crippen molar-refractivity contribution in [3.05, 3.63) is 24.3 Å². The lowest BCUT2D eigenvalue weighted by Crippen LogP contribution is -2.44. The van der Waals surface area contributed by atoms with E-state index in [1.807, 2.05) is 12.1 Å². The number of ether oxygens (including phenoxy) is 1. The van der Waals surface area contributed by atoms with Gasteiger partial charge in [0.1, 0.15) is 5.75 Å². The smallest absolute Gasteiger partial charge is 0.162 e. The van der Waals surface area contributed by atoms with Crippen LogP contribution in [0.15, 0.2) is 24.3 Å². The van der Waals surface area contributed by atoms with Gasteiger partial charge in [0, 0.05) is 38.1 Å². The molecular weight excluding hydrogens is 248 g/mol. The standard InChI is InChI=1S/C13H20N2O2S/c1-14-7-9-15(10-8-14)12-3-5-13(6-4-12)17-11-18(2)16/h3-6H,7-11H2,1-2H3. The highest BCUT2D eigenvalue weighted by atomic mass is 32.2. The third-order valence-corrected chi connectivity index (χ3v) is 3.55. The van der Waals surface area contributed by atoms with E-state index in [9.17, 15) is 4.21 Å². The van der Waals surface area contributed by atoms with E-state index in [0.717, 1.165) is 31.9 Å². The highest BCUT2D eigenvalue weighted by Crippen LogP contribution is 2.20. The van der Waals surface area contributed by atoms with Gasteiger partial charge in [0.25, 0.3) is 0 Å². The number of piperazine rings is 1. The van der Waals surface area contributed by atoms with Gasteiger partial charge in [-0.25, -0.2) is 0 Å². The normalized spacial score (nSPS) is 18.7. The molecule has 1 aromatic rings. The number of likely N-dealkylation sites (N-methyl/N-ethyl adjacent to an activating group) is 1. The molecule has 0 aromatic heterocycles. The molecule has 1 heterocycles. The highest BCUT2D eigenvalue weighted by Gasteiger charge is 2.13. The summed E-state index contributed by atoms with van der Waals surface area (Å²) in [6.07, 6.45) is 1.64. The summed E-state index contributed by atoms with van der Waals surface area (Å²) < 4.78 is 16.3. The van der Waals surface area contributed by atoms with Gasteiger partial charge in [-0.2, -0.15) is 0 Å². The predicted molar refractivity (Wildman–Crippen MR) is 75.7 cm³/mol. The third kappa shape index (κ3) is 3.71. The fourth-order valence-corrected chi connectivity index (χ4v) is 2.27. The summed E-state index contributed by atoms with van der Waals surface area (Å²) in [5.74, 6) is 1.04. The molecule has 5 heteroatoms. The van der Waals surface area contributed by atoms with Crippen molar-refractivity contribution in [3.8, 4) is 5.75 Å². The van der Waals surface area contributed by atoms with E-state index >= 15 is 0 Å². The number of benzene rings is 1. The third-order valence-electron chi connectivity index (χ3n) is 3.10. The maximum absolute atomic E-state index is 10.9. The maximum atomic E-state index is 10.9. The molecular formula is C13H20N2O2S. The first kappa shape index (κ1) is 13.4. The number of anilines is 1. The zero-order valence-corrected chi connectivity index (χ0v) is 11.8. The first-order valence-electron chi connectivity index (χ1n) is 6.11. The Balaban J connectivity index is 1.93. The molecule has 0 aliphatic carbocycles. The fraction of sp³-hybridized carbons (Fsp3) is 0.538. The van der Waals surface area contributed by atoms with Crippen LogP contribution in [-0.2, 0) is 10.8 Å². The Labute approximate surface area is 111 Å². The lowest BCUT2D eigenvalue weighted by molar-refractivity contribution is 0.313. The molecule has 0 spiro atoms. The molecule has 18 heavy (non-hydrogen) atoms. The summed E-state index contributed by atoms with van der Waals surface area (Å²) in [6.45, 7) is 4.34. The second-order valence-electron chi connectivity index (χ2n) is 4.62. The quantitative estimate of drug-likeness (QED) is 0.820. The monoisotopic (exact) mass is 268 g/mol. The molecule has 1 unspecified atom stereocenters. The van der Waals surface area contributed by atoms with Crippen LogP contribution in [0.3, 0.4) is 0 Å². The van der Waals surface area contributed by atoms with Crippen molar-refractivity contribution in [2.75, 3.05) is 50.3 Å². The minimum atomic E-state index is -0.918. The number of hydrogen-bond donors (Lipinski definition) is 0. The Morgan fingerprint density at radius 1 is 1.17 bits per heavy atom. The maximum Gasteiger partial charge on any atom is 0.162 e. The van der Waals surface area contributed by atoms with E-state index in [-0.39, 0.29) is 5.94 Å². The Morgan fingerprint density at radius 2 is 1.78 bits per heavy atom. The van der Waals surface area contributed by atoms with Gasteiger partial charge in [-0.15, -0.1) is 0 Å². The molecule has 0 bridgehead atoms. The average molecular weight is 268 g/mol. The van der Waals surface area contributed by atoms with Crippen LogP contribution >= 0.6 is 0 Å². The minimum absolute atomic E-state index is 0.258. The topological polar surface area (TPSA) is 32.8 Å². The molecule has 0 radical (unpaired) electrons. The van der Waals surface area contributed by atoms with Crippen molar-refractivity contribution in [2.45, 2.75) is 0 Å². The van der Waals surface area contributed by atoms with Crippen LogP contribution in [0.2, 0.25) is 0 Å². The van der Waals surface area contributed by atoms with Crippen LogP contribution in [0.25, 0.3) is 0 Å². The van der Waals surface area contributed by atoms with Gasteiger partial charge in [-0.05, 0) is 31.3 Å². The number of rotatable bonds is 4. The molecule has 4 nitrogen and oxygen atoms in total. The van der Waals surface area contributed by atoms with Crippen LogP contribution < -0.4 is 9.64 Å². The van der Waals surface area contributed by atoms with Gasteiger partial charge in [-0.1, -0.05) is 0 Å². The van der Waals surface area contributed by atoms with Crippen molar-refractivity contribution in [3.63, 3.8) is 0 Å². The van der Waals surface area contributed by atoms with E-state index < -0.39 is 10.8 Å². The molecule has 1 saturated heterocycles. The van der Waals surface area contributed by atoms with Crippen molar-refractivity contribution in [2.24, 2.45) is 0 Å². The minimum Gasteiger partial charge on any atom is -0.480 e. The Bertz CT molecular complexity index is 400. The van der Waals surface area contributed by atoms with Crippen molar-refractivity contribution < 1.29 is 8.95 Å². The SMILES string of the molecule is CN1CCN(c2ccc(OCS(C)=O)cc2)CC1. The van der Waals surface area contributed by atoms with Crippen LogP contribution in [0, 0.1) is 0 Å². The molecule has 1 aliphatic rings. The predicted octanol–water partition coefficient (Wildman–Crippen LogP) is 1.15. The van der Waals surface area contributed by atoms with E-state index in [4.69, 9.17) is 4.74 Å². The number of hydrogen-bond acceptors (Lipinski definition) is 4. The van der Waals surface area contributed by atoms with Gasteiger partial charge in [0.05, 0.1) is 10.8 Å². The second kappa shape index (κ2) is 6.20. The molecule has 2 rings (SSSR count). The van der Waals surface area contributed by atoms with Crippen LogP contribution in [0.5, 0.6) is 5.75 Å². The summed E-state index contributed by atoms with van der Waals surface area (Å²) in [6, 6.07) is 8.03. The van der Waals surface area contributed by atoms with Crippen molar-refractivity contribution >= 4 is 16.5 Å². The Morgan fingerprint density at radius 3 is 2.33 bits per heavy atom. The zero-order chi connectivity index (χ0) is 13.0. The lowest BCUT2D eigenvalue weighted by atomic mass is 10.2. The molecule has 100 valence electrons. The lowest BCUT2D eigenvalue weighted by Gasteiger charge is -2.34. The van der Waals surface area contributed by atoms with Gasteiger partial charge in [-0.3, -0.25) is 4.21 Å². The largest absolute Gasteiger partial charge is 0.480 e. The molecule has 1 atom stereocenters. The molecule has 0 saturated carbocycles. The summed E-state index contributed by atoms with van der Waals surface area (Å²) in [5, 5.41) is 0. The van der Waals surface area contributed by atoms with E-state index in [2.05, 4.69) is 29.0 Å². The molecule has 0 N–H and O–H groups in total.